The second kappa shape index (κ2) is 8.66. The van der Waals surface area contributed by atoms with Crippen LogP contribution in [-0.4, -0.2) is 37.8 Å². The van der Waals surface area contributed by atoms with E-state index in [0.29, 0.717) is 18.7 Å². The molecule has 0 bridgehead atoms. The number of rotatable bonds is 8. The van der Waals surface area contributed by atoms with E-state index in [0.717, 1.165) is 12.8 Å². The predicted octanol–water partition coefficient (Wildman–Crippen LogP) is 3.29. The smallest absolute Gasteiger partial charge is 0.251 e. The molecule has 1 aromatic carbocycles. The first-order chi connectivity index (χ1) is 10.8. The molecule has 0 saturated carbocycles. The number of nitrogens with zero attached hydrogens (tertiary/aromatic N) is 1. The highest BCUT2D eigenvalue weighted by molar-refractivity contribution is 7.89. The van der Waals surface area contributed by atoms with Crippen LogP contribution in [0.3, 0.4) is 0 Å². The van der Waals surface area contributed by atoms with Crippen molar-refractivity contribution in [3.63, 3.8) is 0 Å². The molecule has 23 heavy (non-hydrogen) atoms. The van der Waals surface area contributed by atoms with E-state index in [4.69, 9.17) is 11.6 Å². The van der Waals surface area contributed by atoms with Crippen molar-refractivity contribution in [1.29, 1.82) is 0 Å². The van der Waals surface area contributed by atoms with Gasteiger partial charge in [0.05, 0.1) is 5.02 Å². The molecule has 0 spiro atoms. The lowest BCUT2D eigenvalue weighted by Gasteiger charge is -2.20. The van der Waals surface area contributed by atoms with Gasteiger partial charge in [0, 0.05) is 24.7 Å². The van der Waals surface area contributed by atoms with Crippen LogP contribution in [0.2, 0.25) is 5.02 Å². The first kappa shape index (κ1) is 19.9. The fraction of sp³-hybridized carbons (Fsp3) is 0.562. The number of benzene rings is 1. The number of carbonyl (C=O) groups is 1. The maximum atomic E-state index is 12.6. The summed E-state index contributed by atoms with van der Waals surface area (Å²) in [4.78, 5) is 12.2. The van der Waals surface area contributed by atoms with E-state index < -0.39 is 10.0 Å². The van der Waals surface area contributed by atoms with E-state index in [9.17, 15) is 13.2 Å². The first-order valence-electron chi connectivity index (χ1n) is 7.88. The van der Waals surface area contributed by atoms with Gasteiger partial charge in [-0.3, -0.25) is 4.79 Å². The molecule has 1 aromatic rings. The highest BCUT2D eigenvalue weighted by Gasteiger charge is 2.25. The first-order valence-corrected chi connectivity index (χ1v) is 9.70. The van der Waals surface area contributed by atoms with Crippen LogP contribution in [-0.2, 0) is 10.0 Å². The number of carbonyl (C=O) groups excluding carboxylic acids is 1. The molecule has 0 heterocycles. The third kappa shape index (κ3) is 4.93. The van der Waals surface area contributed by atoms with E-state index in [1.807, 2.05) is 13.8 Å². The van der Waals surface area contributed by atoms with Gasteiger partial charge in [0.2, 0.25) is 10.0 Å². The Kier molecular flexibility index (Phi) is 7.51. The highest BCUT2D eigenvalue weighted by Crippen LogP contribution is 2.26. The molecule has 1 atom stereocenters. The molecule has 1 N–H and O–H groups in total. The fourth-order valence-electron chi connectivity index (χ4n) is 2.36. The molecule has 0 aliphatic rings. The van der Waals surface area contributed by atoms with Gasteiger partial charge in [-0.15, -0.1) is 0 Å². The zero-order valence-electron chi connectivity index (χ0n) is 14.1. The Morgan fingerprint density at radius 2 is 1.87 bits per heavy atom. The minimum Gasteiger partial charge on any atom is -0.350 e. The molecule has 0 aliphatic carbocycles. The van der Waals surface area contributed by atoms with Crippen molar-refractivity contribution >= 4 is 27.5 Å². The van der Waals surface area contributed by atoms with Crippen LogP contribution in [0.15, 0.2) is 23.1 Å². The second-order valence-corrected chi connectivity index (χ2v) is 7.71. The topological polar surface area (TPSA) is 66.5 Å². The summed E-state index contributed by atoms with van der Waals surface area (Å²) in [5.41, 5.74) is 0.295. The molecule has 7 heteroatoms. The van der Waals surface area contributed by atoms with Gasteiger partial charge in [0.1, 0.15) is 4.90 Å². The lowest BCUT2D eigenvalue weighted by molar-refractivity contribution is 0.0938. The van der Waals surface area contributed by atoms with Gasteiger partial charge in [-0.25, -0.2) is 8.42 Å². The van der Waals surface area contributed by atoms with E-state index >= 15 is 0 Å². The van der Waals surface area contributed by atoms with Crippen LogP contribution in [0.1, 0.15) is 50.9 Å². The van der Waals surface area contributed by atoms with Crippen molar-refractivity contribution in [2.75, 3.05) is 13.1 Å². The summed E-state index contributed by atoms with van der Waals surface area (Å²) in [6.45, 7) is 8.18. The summed E-state index contributed by atoms with van der Waals surface area (Å²) in [6, 6.07) is 4.38. The SMILES string of the molecule is CCC[C@H](C)NC(=O)c1ccc(Cl)c(S(=O)(=O)N(CC)CC)c1. The number of amides is 1. The summed E-state index contributed by atoms with van der Waals surface area (Å²) in [5, 5.41) is 2.98. The van der Waals surface area contributed by atoms with Gasteiger partial charge in [0.25, 0.3) is 5.91 Å². The van der Waals surface area contributed by atoms with E-state index in [2.05, 4.69) is 5.32 Å². The van der Waals surface area contributed by atoms with Crippen LogP contribution in [0, 0.1) is 0 Å². The van der Waals surface area contributed by atoms with Crippen LogP contribution >= 0.6 is 11.6 Å². The Morgan fingerprint density at radius 1 is 1.26 bits per heavy atom. The van der Waals surface area contributed by atoms with Crippen molar-refractivity contribution in [1.82, 2.24) is 9.62 Å². The van der Waals surface area contributed by atoms with Crippen molar-refractivity contribution in [2.24, 2.45) is 0 Å². The van der Waals surface area contributed by atoms with Crippen molar-refractivity contribution in [3.05, 3.63) is 28.8 Å². The molecule has 0 fully saturated rings. The summed E-state index contributed by atoms with van der Waals surface area (Å²) < 4.78 is 26.6. The molecule has 0 saturated heterocycles. The number of nitrogens with one attached hydrogen (secondary N) is 1. The minimum atomic E-state index is -3.71. The Bertz CT molecular complexity index is 643. The van der Waals surface area contributed by atoms with E-state index in [1.54, 1.807) is 13.8 Å². The highest BCUT2D eigenvalue weighted by atomic mass is 35.5. The van der Waals surface area contributed by atoms with Gasteiger partial charge >= 0.3 is 0 Å². The summed E-state index contributed by atoms with van der Waals surface area (Å²) >= 11 is 6.06. The molecule has 1 amide bonds. The third-order valence-corrected chi connectivity index (χ3v) is 6.15. The molecular formula is C16H25ClN2O3S. The molecular weight excluding hydrogens is 336 g/mol. The standard InChI is InChI=1S/C16H25ClN2O3S/c1-5-8-12(4)18-16(20)13-9-10-14(17)15(11-13)23(21,22)19(6-2)7-3/h9-12H,5-8H2,1-4H3,(H,18,20)/t12-/m0/s1. The maximum Gasteiger partial charge on any atom is 0.251 e. The normalized spacial score (nSPS) is 13.1. The summed E-state index contributed by atoms with van der Waals surface area (Å²) in [7, 11) is -3.71. The Labute approximate surface area is 144 Å². The van der Waals surface area contributed by atoms with Crippen molar-refractivity contribution in [3.8, 4) is 0 Å². The quantitative estimate of drug-likeness (QED) is 0.773. The van der Waals surface area contributed by atoms with Crippen LogP contribution in [0.5, 0.6) is 0 Å². The predicted molar refractivity (Wildman–Crippen MR) is 93.4 cm³/mol. The summed E-state index contributed by atoms with van der Waals surface area (Å²) in [6.07, 6.45) is 1.83. The molecule has 130 valence electrons. The summed E-state index contributed by atoms with van der Waals surface area (Å²) in [5.74, 6) is -0.293. The van der Waals surface area contributed by atoms with E-state index in [1.165, 1.54) is 22.5 Å². The molecule has 0 unspecified atom stereocenters. The third-order valence-electron chi connectivity index (χ3n) is 3.62. The van der Waals surface area contributed by atoms with Gasteiger partial charge in [-0.05, 0) is 31.5 Å². The Morgan fingerprint density at radius 3 is 2.39 bits per heavy atom. The van der Waals surface area contributed by atoms with Gasteiger partial charge in [-0.2, -0.15) is 4.31 Å². The van der Waals surface area contributed by atoms with E-state index in [-0.39, 0.29) is 21.9 Å². The molecule has 0 radical (unpaired) electrons. The van der Waals surface area contributed by atoms with Gasteiger partial charge in [-0.1, -0.05) is 38.8 Å². The molecule has 0 aromatic heterocycles. The number of halogens is 1. The fourth-order valence-corrected chi connectivity index (χ4v) is 4.32. The lowest BCUT2D eigenvalue weighted by atomic mass is 10.1. The van der Waals surface area contributed by atoms with Crippen molar-refractivity contribution in [2.45, 2.75) is 51.5 Å². The zero-order chi connectivity index (χ0) is 17.6. The molecule has 5 nitrogen and oxygen atoms in total. The maximum absolute atomic E-state index is 12.6. The second-order valence-electron chi connectivity index (χ2n) is 5.40. The monoisotopic (exact) mass is 360 g/mol. The van der Waals surface area contributed by atoms with Crippen LogP contribution < -0.4 is 5.32 Å². The largest absolute Gasteiger partial charge is 0.350 e. The van der Waals surface area contributed by atoms with Crippen molar-refractivity contribution < 1.29 is 13.2 Å². The number of hydrogen-bond donors (Lipinski definition) is 1. The number of hydrogen-bond acceptors (Lipinski definition) is 3. The molecule has 0 aliphatic heterocycles. The average molecular weight is 361 g/mol. The van der Waals surface area contributed by atoms with Crippen LogP contribution in [0.4, 0.5) is 0 Å². The van der Waals surface area contributed by atoms with Crippen LogP contribution in [0.25, 0.3) is 0 Å². The zero-order valence-corrected chi connectivity index (χ0v) is 15.7. The van der Waals surface area contributed by atoms with Gasteiger partial charge < -0.3 is 5.32 Å². The average Bonchev–Trinajstić information content (AvgIpc) is 2.48. The Balaban J connectivity index is 3.16. The van der Waals surface area contributed by atoms with Gasteiger partial charge in [0.15, 0.2) is 0 Å². The number of sulfonamides is 1. The Hall–Kier alpha value is -1.11. The minimum absolute atomic E-state index is 0.0290. The molecule has 1 rings (SSSR count). The lowest BCUT2D eigenvalue weighted by Crippen LogP contribution is -2.33.